The minimum Gasteiger partial charge on any atom is -0.496 e. The number of ether oxygens (including phenoxy) is 1. The molecule has 0 aliphatic carbocycles. The Bertz CT molecular complexity index is 697. The maximum Gasteiger partial charge on any atom is 0.248 e. The largest absolute Gasteiger partial charge is 0.496 e. The first-order valence-corrected chi connectivity index (χ1v) is 7.20. The van der Waals surface area contributed by atoms with E-state index in [1.165, 1.54) is 6.08 Å². The summed E-state index contributed by atoms with van der Waals surface area (Å²) in [6.07, 6.45) is 3.29. The van der Waals surface area contributed by atoms with Gasteiger partial charge >= 0.3 is 0 Å². The molecule has 0 unspecified atom stereocenters. The monoisotopic (exact) mass is 295 g/mol. The van der Waals surface area contributed by atoms with Gasteiger partial charge in [-0.15, -0.1) is 0 Å². The van der Waals surface area contributed by atoms with Gasteiger partial charge in [0.15, 0.2) is 0 Å². The van der Waals surface area contributed by atoms with E-state index in [1.807, 2.05) is 51.1 Å². The van der Waals surface area contributed by atoms with Gasteiger partial charge in [-0.1, -0.05) is 17.7 Å². The number of amides is 1. The number of benzene rings is 2. The van der Waals surface area contributed by atoms with Crippen LogP contribution in [0.3, 0.4) is 0 Å². The summed E-state index contributed by atoms with van der Waals surface area (Å²) in [6, 6.07) is 11.8. The van der Waals surface area contributed by atoms with Crippen molar-refractivity contribution < 1.29 is 9.53 Å². The zero-order valence-corrected chi connectivity index (χ0v) is 13.4. The Hall–Kier alpha value is -2.55. The lowest BCUT2D eigenvalue weighted by Gasteiger charge is -2.07. The first-order valence-electron chi connectivity index (χ1n) is 7.20. The van der Waals surface area contributed by atoms with Gasteiger partial charge < -0.3 is 10.1 Å². The van der Waals surface area contributed by atoms with E-state index in [-0.39, 0.29) is 5.91 Å². The van der Waals surface area contributed by atoms with Crippen molar-refractivity contribution in [1.29, 1.82) is 0 Å². The number of carbonyl (C=O) groups excluding carboxylic acids is 1. The van der Waals surface area contributed by atoms with Gasteiger partial charge in [-0.25, -0.2) is 0 Å². The number of hydrogen-bond acceptors (Lipinski definition) is 2. The van der Waals surface area contributed by atoms with Crippen LogP contribution in [0.15, 0.2) is 42.5 Å². The van der Waals surface area contributed by atoms with Crippen LogP contribution in [0.2, 0.25) is 0 Å². The summed E-state index contributed by atoms with van der Waals surface area (Å²) in [5.41, 5.74) is 5.07. The quantitative estimate of drug-likeness (QED) is 0.855. The van der Waals surface area contributed by atoms with Gasteiger partial charge in [-0.2, -0.15) is 0 Å². The molecular weight excluding hydrogens is 274 g/mol. The number of anilines is 1. The Kier molecular flexibility index (Phi) is 4.99. The molecule has 0 spiro atoms. The van der Waals surface area contributed by atoms with Gasteiger partial charge in [0.2, 0.25) is 5.91 Å². The van der Waals surface area contributed by atoms with Gasteiger partial charge in [0.25, 0.3) is 0 Å². The number of nitrogens with one attached hydrogen (secondary N) is 1. The van der Waals surface area contributed by atoms with Gasteiger partial charge in [0, 0.05) is 17.3 Å². The number of rotatable bonds is 4. The first kappa shape index (κ1) is 15.8. The van der Waals surface area contributed by atoms with Crippen LogP contribution in [-0.4, -0.2) is 13.0 Å². The van der Waals surface area contributed by atoms with E-state index in [2.05, 4.69) is 11.4 Å². The van der Waals surface area contributed by atoms with Gasteiger partial charge in [-0.3, -0.25) is 4.79 Å². The Morgan fingerprint density at radius 2 is 1.68 bits per heavy atom. The summed E-state index contributed by atoms with van der Waals surface area (Å²) in [4.78, 5) is 12.1. The second kappa shape index (κ2) is 6.94. The fourth-order valence-corrected chi connectivity index (χ4v) is 2.38. The molecule has 3 nitrogen and oxygen atoms in total. The lowest BCUT2D eigenvalue weighted by molar-refractivity contribution is -0.111. The lowest BCUT2D eigenvalue weighted by atomic mass is 10.1. The molecule has 2 aromatic rings. The highest BCUT2D eigenvalue weighted by molar-refractivity contribution is 6.02. The summed E-state index contributed by atoms with van der Waals surface area (Å²) in [6.45, 7) is 6.03. The van der Waals surface area contributed by atoms with Crippen LogP contribution in [-0.2, 0) is 4.79 Å². The van der Waals surface area contributed by atoms with E-state index in [1.54, 1.807) is 13.2 Å². The van der Waals surface area contributed by atoms with Crippen molar-refractivity contribution >= 4 is 17.7 Å². The highest BCUT2D eigenvalue weighted by Crippen LogP contribution is 2.21. The third-order valence-corrected chi connectivity index (χ3v) is 3.29. The highest BCUT2D eigenvalue weighted by Gasteiger charge is 2.02. The molecule has 2 aromatic carbocycles. The summed E-state index contributed by atoms with van der Waals surface area (Å²) >= 11 is 0. The standard InChI is InChI=1S/C19H21NO2/c1-13-5-7-18(22-4)16(10-13)6-8-19(21)20-17-11-14(2)9-15(3)12-17/h5-12H,1-4H3,(H,20,21)/b8-6+. The molecule has 114 valence electrons. The average molecular weight is 295 g/mol. The first-order chi connectivity index (χ1) is 10.5. The summed E-state index contributed by atoms with van der Waals surface area (Å²) < 4.78 is 5.30. The highest BCUT2D eigenvalue weighted by atomic mass is 16.5. The lowest BCUT2D eigenvalue weighted by Crippen LogP contribution is -2.08. The Morgan fingerprint density at radius 1 is 1.00 bits per heavy atom. The zero-order chi connectivity index (χ0) is 16.1. The predicted molar refractivity (Wildman–Crippen MR) is 91.3 cm³/mol. The van der Waals surface area contributed by atoms with Crippen molar-refractivity contribution in [3.63, 3.8) is 0 Å². The van der Waals surface area contributed by atoms with E-state index in [9.17, 15) is 4.79 Å². The van der Waals surface area contributed by atoms with Crippen molar-refractivity contribution in [1.82, 2.24) is 0 Å². The molecule has 2 rings (SSSR count). The van der Waals surface area contributed by atoms with Gasteiger partial charge in [0.1, 0.15) is 5.75 Å². The normalized spacial score (nSPS) is 10.7. The summed E-state index contributed by atoms with van der Waals surface area (Å²) in [7, 11) is 1.62. The number of methoxy groups -OCH3 is 1. The third-order valence-electron chi connectivity index (χ3n) is 3.29. The maximum absolute atomic E-state index is 12.1. The van der Waals surface area contributed by atoms with Crippen LogP contribution < -0.4 is 10.1 Å². The van der Waals surface area contributed by atoms with Crippen molar-refractivity contribution in [2.24, 2.45) is 0 Å². The third kappa shape index (κ3) is 4.22. The van der Waals surface area contributed by atoms with Gasteiger partial charge in [-0.05, 0) is 62.2 Å². The van der Waals surface area contributed by atoms with Gasteiger partial charge in [0.05, 0.1) is 7.11 Å². The topological polar surface area (TPSA) is 38.3 Å². The van der Waals surface area contributed by atoms with Crippen LogP contribution in [0.4, 0.5) is 5.69 Å². The summed E-state index contributed by atoms with van der Waals surface area (Å²) in [5, 5.41) is 2.88. The van der Waals surface area contributed by atoms with E-state index in [4.69, 9.17) is 4.74 Å². The molecule has 0 atom stereocenters. The van der Waals surface area contributed by atoms with E-state index in [0.29, 0.717) is 0 Å². The average Bonchev–Trinajstić information content (AvgIpc) is 2.44. The molecule has 3 heteroatoms. The van der Waals surface area contributed by atoms with E-state index >= 15 is 0 Å². The molecule has 0 bridgehead atoms. The fraction of sp³-hybridized carbons (Fsp3) is 0.211. The Labute approximate surface area is 131 Å². The second-order valence-electron chi connectivity index (χ2n) is 5.44. The van der Waals surface area contributed by atoms with Crippen LogP contribution in [0.25, 0.3) is 6.08 Å². The van der Waals surface area contributed by atoms with Crippen LogP contribution >= 0.6 is 0 Å². The van der Waals surface area contributed by atoms with Crippen LogP contribution in [0.5, 0.6) is 5.75 Å². The molecule has 0 saturated carbocycles. The van der Waals surface area contributed by atoms with Crippen molar-refractivity contribution in [2.45, 2.75) is 20.8 Å². The predicted octanol–water partition coefficient (Wildman–Crippen LogP) is 4.27. The summed E-state index contributed by atoms with van der Waals surface area (Å²) in [5.74, 6) is 0.592. The molecule has 0 radical (unpaired) electrons. The van der Waals surface area contributed by atoms with E-state index in [0.717, 1.165) is 33.7 Å². The second-order valence-corrected chi connectivity index (χ2v) is 5.44. The smallest absolute Gasteiger partial charge is 0.248 e. The molecule has 0 aliphatic heterocycles. The van der Waals surface area contributed by atoms with Crippen molar-refractivity contribution in [2.75, 3.05) is 12.4 Å². The molecule has 1 N–H and O–H groups in total. The van der Waals surface area contributed by atoms with E-state index < -0.39 is 0 Å². The molecule has 0 saturated heterocycles. The number of aryl methyl sites for hydroxylation is 3. The molecule has 0 aromatic heterocycles. The number of hydrogen-bond donors (Lipinski definition) is 1. The molecule has 0 aliphatic rings. The van der Waals surface area contributed by atoms with Crippen molar-refractivity contribution in [3.05, 3.63) is 64.7 Å². The maximum atomic E-state index is 12.1. The number of carbonyl (C=O) groups is 1. The SMILES string of the molecule is COc1ccc(C)cc1/C=C/C(=O)Nc1cc(C)cc(C)c1. The van der Waals surface area contributed by atoms with Crippen molar-refractivity contribution in [3.8, 4) is 5.75 Å². The fourth-order valence-electron chi connectivity index (χ4n) is 2.38. The minimum absolute atomic E-state index is 0.159. The van der Waals surface area contributed by atoms with Crippen LogP contribution in [0.1, 0.15) is 22.3 Å². The molecule has 0 heterocycles. The molecule has 0 fully saturated rings. The Morgan fingerprint density at radius 3 is 2.32 bits per heavy atom. The Balaban J connectivity index is 2.13. The zero-order valence-electron chi connectivity index (χ0n) is 13.4. The minimum atomic E-state index is -0.159. The molecule has 1 amide bonds. The molecular formula is C19H21NO2. The van der Waals surface area contributed by atoms with Crippen LogP contribution in [0, 0.1) is 20.8 Å². The molecule has 22 heavy (non-hydrogen) atoms.